The van der Waals surface area contributed by atoms with E-state index in [4.69, 9.17) is 10.5 Å². The van der Waals surface area contributed by atoms with Crippen molar-refractivity contribution in [1.29, 1.82) is 0 Å². The standard InChI is InChI=1S/C14H12FIN2O2/c15-9-5-6-12(11(17)7-9)18-14(19)8-20-13-4-2-1-3-10(13)16/h1-7H,8,17H2,(H,18,19). The number of halogens is 2. The molecule has 0 saturated heterocycles. The van der Waals surface area contributed by atoms with Gasteiger partial charge in [-0.1, -0.05) is 12.1 Å². The molecule has 0 atom stereocenters. The summed E-state index contributed by atoms with van der Waals surface area (Å²) in [7, 11) is 0. The van der Waals surface area contributed by atoms with Crippen molar-refractivity contribution in [2.24, 2.45) is 0 Å². The van der Waals surface area contributed by atoms with Gasteiger partial charge in [-0.25, -0.2) is 4.39 Å². The minimum Gasteiger partial charge on any atom is -0.483 e. The van der Waals surface area contributed by atoms with E-state index < -0.39 is 5.82 Å². The zero-order valence-electron chi connectivity index (χ0n) is 10.4. The number of nitrogens with one attached hydrogen (secondary N) is 1. The Labute approximate surface area is 129 Å². The molecule has 0 bridgehead atoms. The molecule has 1 amide bonds. The van der Waals surface area contributed by atoms with Crippen LogP contribution in [0.5, 0.6) is 5.75 Å². The number of ether oxygens (including phenoxy) is 1. The summed E-state index contributed by atoms with van der Waals surface area (Å²) in [5.41, 5.74) is 6.14. The Morgan fingerprint density at radius 2 is 2.05 bits per heavy atom. The Bertz CT molecular complexity index is 634. The number of nitrogens with two attached hydrogens (primary N) is 1. The molecule has 104 valence electrons. The molecule has 6 heteroatoms. The molecule has 0 radical (unpaired) electrons. The molecule has 0 heterocycles. The average Bonchev–Trinajstić information content (AvgIpc) is 2.41. The topological polar surface area (TPSA) is 64.3 Å². The highest BCUT2D eigenvalue weighted by atomic mass is 127. The minimum atomic E-state index is -0.449. The van der Waals surface area contributed by atoms with Crippen molar-refractivity contribution >= 4 is 39.9 Å². The lowest BCUT2D eigenvalue weighted by atomic mass is 10.2. The Kier molecular flexibility index (Phi) is 4.78. The maximum atomic E-state index is 12.9. The van der Waals surface area contributed by atoms with E-state index in [1.54, 1.807) is 6.07 Å². The SMILES string of the molecule is Nc1cc(F)ccc1NC(=O)COc1ccccc1I. The summed E-state index contributed by atoms with van der Waals surface area (Å²) < 4.78 is 19.2. The first-order chi connectivity index (χ1) is 9.56. The number of carbonyl (C=O) groups excluding carboxylic acids is 1. The highest BCUT2D eigenvalue weighted by Crippen LogP contribution is 2.21. The molecular weight excluding hydrogens is 374 g/mol. The number of para-hydroxylation sites is 1. The first-order valence-corrected chi connectivity index (χ1v) is 6.86. The second-order valence-electron chi connectivity index (χ2n) is 4.00. The Morgan fingerprint density at radius 1 is 1.30 bits per heavy atom. The van der Waals surface area contributed by atoms with Crippen molar-refractivity contribution in [2.45, 2.75) is 0 Å². The molecule has 3 N–H and O–H groups in total. The highest BCUT2D eigenvalue weighted by molar-refractivity contribution is 14.1. The Hall–Kier alpha value is -1.83. The summed E-state index contributed by atoms with van der Waals surface area (Å²) in [6, 6.07) is 11.2. The largest absolute Gasteiger partial charge is 0.483 e. The maximum Gasteiger partial charge on any atom is 0.262 e. The van der Waals surface area contributed by atoms with E-state index in [0.717, 1.165) is 9.64 Å². The minimum absolute atomic E-state index is 0.142. The number of nitrogen functional groups attached to an aromatic ring is 1. The molecule has 0 saturated carbocycles. The number of carbonyl (C=O) groups is 1. The fourth-order valence-corrected chi connectivity index (χ4v) is 2.08. The molecule has 0 aromatic heterocycles. The summed E-state index contributed by atoms with van der Waals surface area (Å²) in [5.74, 6) is -0.172. The lowest BCUT2D eigenvalue weighted by molar-refractivity contribution is -0.118. The van der Waals surface area contributed by atoms with Crippen LogP contribution in [0.4, 0.5) is 15.8 Å². The lowest BCUT2D eigenvalue weighted by Crippen LogP contribution is -2.21. The van der Waals surface area contributed by atoms with Crippen LogP contribution in [-0.2, 0) is 4.79 Å². The monoisotopic (exact) mass is 386 g/mol. The number of rotatable bonds is 4. The molecule has 0 aliphatic rings. The average molecular weight is 386 g/mol. The molecule has 0 unspecified atom stereocenters. The van der Waals surface area contributed by atoms with Crippen molar-refractivity contribution in [3.05, 3.63) is 51.9 Å². The third-order valence-electron chi connectivity index (χ3n) is 2.48. The second kappa shape index (κ2) is 6.56. The van der Waals surface area contributed by atoms with Gasteiger partial charge in [-0.05, 0) is 52.9 Å². The van der Waals surface area contributed by atoms with Crippen molar-refractivity contribution in [2.75, 3.05) is 17.7 Å². The molecule has 2 aromatic rings. The van der Waals surface area contributed by atoms with Crippen LogP contribution in [0.3, 0.4) is 0 Å². The number of hydrogen-bond acceptors (Lipinski definition) is 3. The van der Waals surface area contributed by atoms with Crippen molar-refractivity contribution in [3.63, 3.8) is 0 Å². The van der Waals surface area contributed by atoms with Crippen LogP contribution in [0.25, 0.3) is 0 Å². The number of amides is 1. The predicted octanol–water partition coefficient (Wildman–Crippen LogP) is 3.03. The van der Waals surface area contributed by atoms with Crippen LogP contribution in [0.1, 0.15) is 0 Å². The zero-order chi connectivity index (χ0) is 14.5. The number of benzene rings is 2. The normalized spacial score (nSPS) is 10.1. The molecule has 0 aliphatic carbocycles. The van der Waals surface area contributed by atoms with E-state index >= 15 is 0 Å². The van der Waals surface area contributed by atoms with Crippen LogP contribution < -0.4 is 15.8 Å². The van der Waals surface area contributed by atoms with Crippen LogP contribution in [-0.4, -0.2) is 12.5 Å². The van der Waals surface area contributed by atoms with Gasteiger partial charge in [0.25, 0.3) is 5.91 Å². The lowest BCUT2D eigenvalue weighted by Gasteiger charge is -2.10. The molecule has 4 nitrogen and oxygen atoms in total. The van der Waals surface area contributed by atoms with Crippen LogP contribution in [0.2, 0.25) is 0 Å². The van der Waals surface area contributed by atoms with Crippen molar-refractivity contribution < 1.29 is 13.9 Å². The van der Waals surface area contributed by atoms with Gasteiger partial charge in [0.05, 0.1) is 14.9 Å². The van der Waals surface area contributed by atoms with Crippen LogP contribution >= 0.6 is 22.6 Å². The van der Waals surface area contributed by atoms with E-state index in [-0.39, 0.29) is 18.2 Å². The van der Waals surface area contributed by atoms with Gasteiger partial charge in [0.2, 0.25) is 0 Å². The quantitative estimate of drug-likeness (QED) is 0.627. The van der Waals surface area contributed by atoms with Crippen LogP contribution in [0, 0.1) is 9.39 Å². The molecule has 20 heavy (non-hydrogen) atoms. The summed E-state index contributed by atoms with van der Waals surface area (Å²) in [6.45, 7) is -0.142. The van der Waals surface area contributed by atoms with Gasteiger partial charge in [0.1, 0.15) is 11.6 Å². The first kappa shape index (κ1) is 14.6. The van der Waals surface area contributed by atoms with Gasteiger partial charge >= 0.3 is 0 Å². The van der Waals surface area contributed by atoms with Gasteiger partial charge in [-0.3, -0.25) is 4.79 Å². The van der Waals surface area contributed by atoms with Crippen LogP contribution in [0.15, 0.2) is 42.5 Å². The number of hydrogen-bond donors (Lipinski definition) is 2. The van der Waals surface area contributed by atoms with E-state index in [1.807, 2.05) is 18.2 Å². The predicted molar refractivity (Wildman–Crippen MR) is 84.1 cm³/mol. The smallest absolute Gasteiger partial charge is 0.262 e. The Morgan fingerprint density at radius 3 is 2.75 bits per heavy atom. The van der Waals surface area contributed by atoms with E-state index in [9.17, 15) is 9.18 Å². The van der Waals surface area contributed by atoms with Gasteiger partial charge in [-0.15, -0.1) is 0 Å². The van der Waals surface area contributed by atoms with Gasteiger partial charge in [0, 0.05) is 0 Å². The third-order valence-corrected chi connectivity index (χ3v) is 3.37. The summed E-state index contributed by atoms with van der Waals surface area (Å²) in [6.07, 6.45) is 0. The molecule has 0 fully saturated rings. The molecule has 0 aliphatic heterocycles. The second-order valence-corrected chi connectivity index (χ2v) is 5.16. The van der Waals surface area contributed by atoms with Gasteiger partial charge in [-0.2, -0.15) is 0 Å². The van der Waals surface area contributed by atoms with Crippen molar-refractivity contribution in [1.82, 2.24) is 0 Å². The molecule has 2 aromatic carbocycles. The van der Waals surface area contributed by atoms with E-state index in [2.05, 4.69) is 27.9 Å². The fraction of sp³-hybridized carbons (Fsp3) is 0.0714. The van der Waals surface area contributed by atoms with Gasteiger partial charge in [0.15, 0.2) is 6.61 Å². The van der Waals surface area contributed by atoms with Gasteiger partial charge < -0.3 is 15.8 Å². The first-order valence-electron chi connectivity index (χ1n) is 5.78. The molecule has 0 spiro atoms. The summed E-state index contributed by atoms with van der Waals surface area (Å²) >= 11 is 2.12. The summed E-state index contributed by atoms with van der Waals surface area (Å²) in [4.78, 5) is 11.7. The zero-order valence-corrected chi connectivity index (χ0v) is 12.6. The Balaban J connectivity index is 1.94. The van der Waals surface area contributed by atoms with E-state index in [1.165, 1.54) is 12.1 Å². The molecular formula is C14H12FIN2O2. The summed E-state index contributed by atoms with van der Waals surface area (Å²) in [5, 5.41) is 2.57. The van der Waals surface area contributed by atoms with Crippen molar-refractivity contribution in [3.8, 4) is 5.75 Å². The third kappa shape index (κ3) is 3.83. The maximum absolute atomic E-state index is 12.9. The van der Waals surface area contributed by atoms with E-state index in [0.29, 0.717) is 11.4 Å². The highest BCUT2D eigenvalue weighted by Gasteiger charge is 2.08. The molecule has 2 rings (SSSR count). The fourth-order valence-electron chi connectivity index (χ4n) is 1.54. The number of anilines is 2.